The number of methoxy groups -OCH3 is 1. The Morgan fingerprint density at radius 1 is 1.19 bits per heavy atom. The molecule has 1 heterocycles. The number of amides is 2. The molecule has 140 valence electrons. The molecule has 27 heavy (non-hydrogen) atoms. The average Bonchev–Trinajstić information content (AvgIpc) is 3.10. The van der Waals surface area contributed by atoms with E-state index in [2.05, 4.69) is 4.98 Å². The van der Waals surface area contributed by atoms with E-state index in [4.69, 9.17) is 13.9 Å². The number of ether oxygens (including phenoxy) is 2. The van der Waals surface area contributed by atoms with Crippen molar-refractivity contribution in [2.75, 3.05) is 12.0 Å². The highest BCUT2D eigenvalue weighted by molar-refractivity contribution is 6.12. The highest BCUT2D eigenvalue weighted by Crippen LogP contribution is 2.27. The van der Waals surface area contributed by atoms with Crippen molar-refractivity contribution in [3.05, 3.63) is 53.9 Å². The third-order valence-corrected chi connectivity index (χ3v) is 4.02. The van der Waals surface area contributed by atoms with Crippen LogP contribution >= 0.6 is 0 Å². The molecule has 2 amide bonds. The number of imide groups is 1. The maximum Gasteiger partial charge on any atom is 0.420 e. The first-order chi connectivity index (χ1) is 13.0. The third-order valence-electron chi connectivity index (χ3n) is 4.02. The summed E-state index contributed by atoms with van der Waals surface area (Å²) in [4.78, 5) is 29.5. The van der Waals surface area contributed by atoms with Gasteiger partial charge in [0.2, 0.25) is 11.8 Å². The van der Waals surface area contributed by atoms with Crippen molar-refractivity contribution >= 4 is 28.8 Å². The summed E-state index contributed by atoms with van der Waals surface area (Å²) in [6.45, 7) is 3.65. The molecule has 0 atom stereocenters. The van der Waals surface area contributed by atoms with E-state index in [1.165, 1.54) is 7.11 Å². The fourth-order valence-electron chi connectivity index (χ4n) is 2.68. The van der Waals surface area contributed by atoms with Crippen LogP contribution in [0.3, 0.4) is 0 Å². The van der Waals surface area contributed by atoms with Gasteiger partial charge in [0.05, 0.1) is 12.8 Å². The van der Waals surface area contributed by atoms with Crippen LogP contribution < -0.4 is 9.64 Å². The molecule has 0 radical (unpaired) electrons. The molecule has 0 aliphatic rings. The number of aromatic nitrogens is 1. The quantitative estimate of drug-likeness (QED) is 0.670. The zero-order chi connectivity index (χ0) is 19.4. The maximum absolute atomic E-state index is 12.1. The molecule has 0 aliphatic carbocycles. The van der Waals surface area contributed by atoms with Gasteiger partial charge >= 0.3 is 6.09 Å². The van der Waals surface area contributed by atoms with Gasteiger partial charge in [-0.3, -0.25) is 4.79 Å². The number of aryl methyl sites for hydroxylation is 1. The first-order valence-corrected chi connectivity index (χ1v) is 8.52. The van der Waals surface area contributed by atoms with Crippen LogP contribution in [0, 0.1) is 6.92 Å². The molecule has 0 spiro atoms. The van der Waals surface area contributed by atoms with Crippen LogP contribution in [0.2, 0.25) is 0 Å². The van der Waals surface area contributed by atoms with Crippen LogP contribution in [0.5, 0.6) is 5.75 Å². The van der Waals surface area contributed by atoms with Gasteiger partial charge in [-0.1, -0.05) is 19.1 Å². The monoisotopic (exact) mass is 368 g/mol. The Hall–Kier alpha value is -3.35. The Balaban J connectivity index is 1.77. The molecular formula is C20H20N2O5. The van der Waals surface area contributed by atoms with E-state index in [0.29, 0.717) is 28.5 Å². The first-order valence-electron chi connectivity index (χ1n) is 8.52. The number of hydrogen-bond acceptors (Lipinski definition) is 6. The molecule has 0 fully saturated rings. The van der Waals surface area contributed by atoms with Crippen molar-refractivity contribution in [2.24, 2.45) is 0 Å². The number of carbonyl (C=O) groups is 2. The lowest BCUT2D eigenvalue weighted by Gasteiger charge is -2.21. The largest absolute Gasteiger partial charge is 0.484 e. The van der Waals surface area contributed by atoms with Gasteiger partial charge in [-0.15, -0.1) is 0 Å². The zero-order valence-electron chi connectivity index (χ0n) is 15.4. The molecule has 7 heteroatoms. The summed E-state index contributed by atoms with van der Waals surface area (Å²) in [5, 5.41) is 0. The maximum atomic E-state index is 12.1. The van der Waals surface area contributed by atoms with Crippen LogP contribution in [0.25, 0.3) is 11.1 Å². The molecule has 2 aromatic carbocycles. The van der Waals surface area contributed by atoms with E-state index in [1.54, 1.807) is 32.0 Å². The van der Waals surface area contributed by atoms with Gasteiger partial charge in [0.15, 0.2) is 12.2 Å². The van der Waals surface area contributed by atoms with Crippen molar-refractivity contribution < 1.29 is 23.5 Å². The minimum atomic E-state index is -0.718. The standard InChI is InChI=1S/C20H20N2O5/c1-4-19(23)22(20(24)25-3)16-10-9-14(11-13(16)2)26-12-18-21-15-7-5-6-8-17(15)27-18/h5-11H,4,12H2,1-3H3. The number of para-hydroxylation sites is 2. The third kappa shape index (κ3) is 3.92. The van der Waals surface area contributed by atoms with Crippen LogP contribution in [-0.2, 0) is 16.1 Å². The number of fused-ring (bicyclic) bond motifs is 1. The predicted octanol–water partition coefficient (Wildman–Crippen LogP) is 4.22. The van der Waals surface area contributed by atoms with Crippen molar-refractivity contribution in [1.82, 2.24) is 4.98 Å². The van der Waals surface area contributed by atoms with E-state index in [0.717, 1.165) is 10.4 Å². The number of benzene rings is 2. The van der Waals surface area contributed by atoms with E-state index in [9.17, 15) is 9.59 Å². The van der Waals surface area contributed by atoms with Crippen molar-refractivity contribution in [3.8, 4) is 5.75 Å². The minimum Gasteiger partial charge on any atom is -0.484 e. The molecule has 0 saturated carbocycles. The highest BCUT2D eigenvalue weighted by atomic mass is 16.5. The van der Waals surface area contributed by atoms with Crippen molar-refractivity contribution in [2.45, 2.75) is 26.9 Å². The van der Waals surface area contributed by atoms with Gasteiger partial charge in [0.1, 0.15) is 11.3 Å². The van der Waals surface area contributed by atoms with Crippen LogP contribution in [-0.4, -0.2) is 24.1 Å². The summed E-state index contributed by atoms with van der Waals surface area (Å²) in [5.41, 5.74) is 2.64. The fraction of sp³-hybridized carbons (Fsp3) is 0.250. The number of rotatable bonds is 5. The molecule has 3 aromatic rings. The van der Waals surface area contributed by atoms with Crippen molar-refractivity contribution in [1.29, 1.82) is 0 Å². The Labute approximate surface area is 156 Å². The predicted molar refractivity (Wildman–Crippen MR) is 99.7 cm³/mol. The summed E-state index contributed by atoms with van der Waals surface area (Å²) >= 11 is 0. The summed E-state index contributed by atoms with van der Waals surface area (Å²) in [5.74, 6) is 0.702. The van der Waals surface area contributed by atoms with Gasteiger partial charge in [0.25, 0.3) is 0 Å². The summed E-state index contributed by atoms with van der Waals surface area (Å²) in [7, 11) is 1.24. The molecule has 0 bridgehead atoms. The molecular weight excluding hydrogens is 348 g/mol. The second kappa shape index (κ2) is 7.90. The van der Waals surface area contributed by atoms with Gasteiger partial charge in [-0.25, -0.2) is 14.7 Å². The SMILES string of the molecule is CCC(=O)N(C(=O)OC)c1ccc(OCc2nc3ccccc3o2)cc1C. The summed E-state index contributed by atoms with van der Waals surface area (Å²) in [6.07, 6.45) is -0.532. The molecule has 0 saturated heterocycles. The number of nitrogens with zero attached hydrogens (tertiary/aromatic N) is 2. The Bertz CT molecular complexity index is 930. The smallest absolute Gasteiger partial charge is 0.420 e. The minimum absolute atomic E-state index is 0.169. The Morgan fingerprint density at radius 3 is 2.63 bits per heavy atom. The second-order valence-corrected chi connectivity index (χ2v) is 5.87. The number of hydrogen-bond donors (Lipinski definition) is 0. The number of anilines is 1. The van der Waals surface area contributed by atoms with E-state index < -0.39 is 6.09 Å². The van der Waals surface area contributed by atoms with Gasteiger partial charge in [-0.2, -0.15) is 0 Å². The van der Waals surface area contributed by atoms with Crippen LogP contribution in [0.1, 0.15) is 24.8 Å². The van der Waals surface area contributed by atoms with E-state index in [-0.39, 0.29) is 18.9 Å². The van der Waals surface area contributed by atoms with Crippen molar-refractivity contribution in [3.63, 3.8) is 0 Å². The molecule has 1 aromatic heterocycles. The van der Waals surface area contributed by atoms with Crippen LogP contribution in [0.4, 0.5) is 10.5 Å². The Morgan fingerprint density at radius 2 is 1.96 bits per heavy atom. The van der Waals surface area contributed by atoms with Crippen LogP contribution in [0.15, 0.2) is 46.9 Å². The van der Waals surface area contributed by atoms with Gasteiger partial charge in [0, 0.05) is 6.42 Å². The number of oxazole rings is 1. The van der Waals surface area contributed by atoms with E-state index >= 15 is 0 Å². The Kier molecular flexibility index (Phi) is 5.40. The fourth-order valence-corrected chi connectivity index (χ4v) is 2.68. The second-order valence-electron chi connectivity index (χ2n) is 5.87. The number of carbonyl (C=O) groups excluding carboxylic acids is 2. The lowest BCUT2D eigenvalue weighted by atomic mass is 10.1. The summed E-state index contributed by atoms with van der Waals surface area (Å²) in [6, 6.07) is 12.6. The topological polar surface area (TPSA) is 81.9 Å². The highest BCUT2D eigenvalue weighted by Gasteiger charge is 2.24. The molecule has 0 N–H and O–H groups in total. The molecule has 7 nitrogen and oxygen atoms in total. The van der Waals surface area contributed by atoms with Gasteiger partial charge in [-0.05, 0) is 42.8 Å². The molecule has 3 rings (SSSR count). The normalized spacial score (nSPS) is 10.6. The molecule has 0 unspecified atom stereocenters. The van der Waals surface area contributed by atoms with Gasteiger partial charge < -0.3 is 13.9 Å². The first kappa shape index (κ1) is 18.4. The van der Waals surface area contributed by atoms with E-state index in [1.807, 2.05) is 24.3 Å². The lowest BCUT2D eigenvalue weighted by Crippen LogP contribution is -2.36. The molecule has 0 aliphatic heterocycles. The summed E-state index contributed by atoms with van der Waals surface area (Å²) < 4.78 is 16.1. The average molecular weight is 368 g/mol. The zero-order valence-corrected chi connectivity index (χ0v) is 15.4. The lowest BCUT2D eigenvalue weighted by molar-refractivity contribution is -0.117.